The first-order valence-electron chi connectivity index (χ1n) is 6.04. The van der Waals surface area contributed by atoms with Crippen LogP contribution in [0.15, 0.2) is 53.4 Å². The van der Waals surface area contributed by atoms with E-state index in [2.05, 4.69) is 5.32 Å². The zero-order valence-corrected chi connectivity index (χ0v) is 12.7. The molecule has 0 atom stereocenters. The molecule has 0 aliphatic heterocycles. The van der Waals surface area contributed by atoms with Crippen LogP contribution in [0.4, 0.5) is 10.5 Å². The standard InChI is InChI=1S/C14H13ClN2O3S/c1-10-6-2-5-9-13(10)21(19,20)17-14(18)16-12-8-4-3-7-11(12)15/h2-9H,1H3,(H2,16,17,18). The van der Waals surface area contributed by atoms with Crippen LogP contribution in [0.2, 0.25) is 5.02 Å². The number of nitrogens with one attached hydrogen (secondary N) is 2. The summed E-state index contributed by atoms with van der Waals surface area (Å²) in [7, 11) is -3.93. The van der Waals surface area contributed by atoms with Crippen LogP contribution in [-0.2, 0) is 10.0 Å². The van der Waals surface area contributed by atoms with Gasteiger partial charge in [0.25, 0.3) is 10.0 Å². The maximum atomic E-state index is 12.1. The maximum Gasteiger partial charge on any atom is 0.333 e. The molecule has 2 aromatic carbocycles. The number of sulfonamides is 1. The van der Waals surface area contributed by atoms with Crippen molar-refractivity contribution < 1.29 is 13.2 Å². The van der Waals surface area contributed by atoms with E-state index >= 15 is 0 Å². The van der Waals surface area contributed by atoms with Crippen molar-refractivity contribution in [3.05, 3.63) is 59.1 Å². The molecule has 2 rings (SSSR count). The first-order valence-corrected chi connectivity index (χ1v) is 7.90. The van der Waals surface area contributed by atoms with E-state index in [9.17, 15) is 13.2 Å². The normalized spacial score (nSPS) is 11.0. The lowest BCUT2D eigenvalue weighted by Crippen LogP contribution is -2.34. The molecule has 7 heteroatoms. The number of hydrogen-bond donors (Lipinski definition) is 2. The number of benzene rings is 2. The SMILES string of the molecule is Cc1ccccc1S(=O)(=O)NC(=O)Nc1ccccc1Cl. The Labute approximate surface area is 128 Å². The predicted molar refractivity (Wildman–Crippen MR) is 82.0 cm³/mol. The highest BCUT2D eigenvalue weighted by Crippen LogP contribution is 2.20. The molecule has 0 radical (unpaired) electrons. The van der Waals surface area contributed by atoms with Crippen LogP contribution >= 0.6 is 11.6 Å². The van der Waals surface area contributed by atoms with Crippen LogP contribution in [0, 0.1) is 6.92 Å². The maximum absolute atomic E-state index is 12.1. The summed E-state index contributed by atoms with van der Waals surface area (Å²) in [6.07, 6.45) is 0. The molecule has 0 heterocycles. The number of carbonyl (C=O) groups excluding carboxylic acids is 1. The minimum atomic E-state index is -3.93. The third-order valence-electron chi connectivity index (χ3n) is 2.73. The van der Waals surface area contributed by atoms with Gasteiger partial charge in [-0.1, -0.05) is 41.9 Å². The molecule has 0 aromatic heterocycles. The van der Waals surface area contributed by atoms with Gasteiger partial charge < -0.3 is 5.32 Å². The summed E-state index contributed by atoms with van der Waals surface area (Å²) < 4.78 is 26.2. The third-order valence-corrected chi connectivity index (χ3v) is 4.55. The van der Waals surface area contributed by atoms with Gasteiger partial charge in [0.1, 0.15) is 0 Å². The van der Waals surface area contributed by atoms with Gasteiger partial charge in [-0.25, -0.2) is 17.9 Å². The topological polar surface area (TPSA) is 75.3 Å². The van der Waals surface area contributed by atoms with E-state index in [0.29, 0.717) is 16.3 Å². The summed E-state index contributed by atoms with van der Waals surface area (Å²) in [6.45, 7) is 1.65. The van der Waals surface area contributed by atoms with E-state index in [0.717, 1.165) is 0 Å². The number of amides is 2. The van der Waals surface area contributed by atoms with Crippen molar-refractivity contribution in [2.24, 2.45) is 0 Å². The van der Waals surface area contributed by atoms with E-state index in [4.69, 9.17) is 11.6 Å². The van der Waals surface area contributed by atoms with Crippen LogP contribution in [0.1, 0.15) is 5.56 Å². The average molecular weight is 325 g/mol. The second-order valence-electron chi connectivity index (χ2n) is 4.30. The van der Waals surface area contributed by atoms with E-state index in [1.807, 2.05) is 4.72 Å². The molecular formula is C14H13ClN2O3S. The lowest BCUT2D eigenvalue weighted by atomic mass is 10.2. The Kier molecular flexibility index (Phi) is 4.50. The molecule has 0 unspecified atom stereocenters. The Morgan fingerprint density at radius 1 is 1.05 bits per heavy atom. The molecule has 110 valence electrons. The second kappa shape index (κ2) is 6.15. The van der Waals surface area contributed by atoms with Crippen molar-refractivity contribution in [3.8, 4) is 0 Å². The van der Waals surface area contributed by atoms with Gasteiger partial charge in [-0.15, -0.1) is 0 Å². The van der Waals surface area contributed by atoms with Crippen molar-refractivity contribution in [1.29, 1.82) is 0 Å². The third kappa shape index (κ3) is 3.74. The molecule has 2 aromatic rings. The van der Waals surface area contributed by atoms with Crippen molar-refractivity contribution in [1.82, 2.24) is 4.72 Å². The molecule has 2 amide bonds. The number of carbonyl (C=O) groups is 1. The highest BCUT2D eigenvalue weighted by atomic mass is 35.5. The molecule has 0 aliphatic carbocycles. The quantitative estimate of drug-likeness (QED) is 0.910. The number of urea groups is 1. The van der Waals surface area contributed by atoms with Gasteiger partial charge in [-0.3, -0.25) is 0 Å². The van der Waals surface area contributed by atoms with Gasteiger partial charge in [0.05, 0.1) is 15.6 Å². The summed E-state index contributed by atoms with van der Waals surface area (Å²) in [6, 6.07) is 12.1. The molecule has 0 spiro atoms. The van der Waals surface area contributed by atoms with Crippen molar-refractivity contribution in [2.45, 2.75) is 11.8 Å². The van der Waals surface area contributed by atoms with Crippen LogP contribution in [0.5, 0.6) is 0 Å². The minimum absolute atomic E-state index is 0.0549. The van der Waals surface area contributed by atoms with E-state index in [1.54, 1.807) is 49.4 Å². The predicted octanol–water partition coefficient (Wildman–Crippen LogP) is 3.16. The van der Waals surface area contributed by atoms with Crippen molar-refractivity contribution in [2.75, 3.05) is 5.32 Å². The van der Waals surface area contributed by atoms with Gasteiger partial charge in [0, 0.05) is 0 Å². The summed E-state index contributed by atoms with van der Waals surface area (Å²) in [5, 5.41) is 2.71. The average Bonchev–Trinajstić information content (AvgIpc) is 2.41. The fourth-order valence-corrected chi connectivity index (χ4v) is 3.08. The zero-order valence-electron chi connectivity index (χ0n) is 11.1. The first kappa shape index (κ1) is 15.3. The molecule has 5 nitrogen and oxygen atoms in total. The van der Waals surface area contributed by atoms with E-state index in [-0.39, 0.29) is 4.90 Å². The Morgan fingerprint density at radius 2 is 1.67 bits per heavy atom. The summed E-state index contributed by atoms with van der Waals surface area (Å²) in [5.41, 5.74) is 0.882. The number of anilines is 1. The molecule has 0 aliphatic rings. The minimum Gasteiger partial charge on any atom is -0.306 e. The van der Waals surface area contributed by atoms with Gasteiger partial charge in [0.15, 0.2) is 0 Å². The summed E-state index contributed by atoms with van der Waals surface area (Å²) >= 11 is 5.89. The molecule has 0 bridgehead atoms. The van der Waals surface area contributed by atoms with Crippen LogP contribution < -0.4 is 10.0 Å². The molecule has 21 heavy (non-hydrogen) atoms. The molecule has 0 fully saturated rings. The van der Waals surface area contributed by atoms with E-state index < -0.39 is 16.1 Å². The second-order valence-corrected chi connectivity index (χ2v) is 6.36. The fourth-order valence-electron chi connectivity index (χ4n) is 1.75. The fraction of sp³-hybridized carbons (Fsp3) is 0.0714. The van der Waals surface area contributed by atoms with Gasteiger partial charge in [0.2, 0.25) is 0 Å². The Bertz CT molecular complexity index is 775. The Hall–Kier alpha value is -2.05. The monoisotopic (exact) mass is 324 g/mol. The number of halogens is 1. The number of para-hydroxylation sites is 1. The Balaban J connectivity index is 2.16. The Morgan fingerprint density at radius 3 is 2.33 bits per heavy atom. The smallest absolute Gasteiger partial charge is 0.306 e. The van der Waals surface area contributed by atoms with Crippen LogP contribution in [0.3, 0.4) is 0 Å². The van der Waals surface area contributed by atoms with Crippen LogP contribution in [0.25, 0.3) is 0 Å². The van der Waals surface area contributed by atoms with E-state index in [1.165, 1.54) is 6.07 Å². The number of aryl methyl sites for hydroxylation is 1. The molecular weight excluding hydrogens is 312 g/mol. The zero-order chi connectivity index (χ0) is 15.5. The van der Waals surface area contributed by atoms with Gasteiger partial charge in [-0.2, -0.15) is 0 Å². The summed E-state index contributed by atoms with van der Waals surface area (Å²) in [4.78, 5) is 11.9. The van der Waals surface area contributed by atoms with Gasteiger partial charge >= 0.3 is 6.03 Å². The molecule has 0 saturated carbocycles. The van der Waals surface area contributed by atoms with Gasteiger partial charge in [-0.05, 0) is 30.7 Å². The van der Waals surface area contributed by atoms with Crippen molar-refractivity contribution in [3.63, 3.8) is 0 Å². The first-order chi connectivity index (χ1) is 9.90. The number of hydrogen-bond acceptors (Lipinski definition) is 3. The highest BCUT2D eigenvalue weighted by molar-refractivity contribution is 7.90. The van der Waals surface area contributed by atoms with Crippen LogP contribution in [-0.4, -0.2) is 14.4 Å². The lowest BCUT2D eigenvalue weighted by Gasteiger charge is -2.11. The summed E-state index contributed by atoms with van der Waals surface area (Å²) in [5.74, 6) is 0. The largest absolute Gasteiger partial charge is 0.333 e. The molecule has 0 saturated heterocycles. The van der Waals surface area contributed by atoms with Crippen molar-refractivity contribution >= 4 is 33.3 Å². The lowest BCUT2D eigenvalue weighted by molar-refractivity contribution is 0.256. The highest BCUT2D eigenvalue weighted by Gasteiger charge is 2.19. The molecule has 2 N–H and O–H groups in total. The number of rotatable bonds is 3.